The van der Waals surface area contributed by atoms with Crippen LogP contribution in [0.15, 0.2) is 40.9 Å². The number of aromatic nitrogens is 4. The fraction of sp³-hybridized carbons (Fsp3) is 0.333. The molecule has 1 aromatic carbocycles. The lowest BCUT2D eigenvalue weighted by atomic mass is 10.1. The van der Waals surface area contributed by atoms with Crippen molar-refractivity contribution >= 4 is 29.1 Å². The highest BCUT2D eigenvalue weighted by Crippen LogP contribution is 2.32. The summed E-state index contributed by atoms with van der Waals surface area (Å²) in [5.41, 5.74) is 2.90. The summed E-state index contributed by atoms with van der Waals surface area (Å²) >= 11 is 1.71. The van der Waals surface area contributed by atoms with Crippen molar-refractivity contribution < 1.29 is 0 Å². The highest BCUT2D eigenvalue weighted by molar-refractivity contribution is 7.99. The van der Waals surface area contributed by atoms with Crippen molar-refractivity contribution in [1.29, 1.82) is 0 Å². The summed E-state index contributed by atoms with van der Waals surface area (Å²) in [4.78, 5) is 23.4. The third-order valence-corrected chi connectivity index (χ3v) is 5.79. The van der Waals surface area contributed by atoms with Crippen LogP contribution in [0.3, 0.4) is 0 Å². The van der Waals surface area contributed by atoms with E-state index in [-0.39, 0.29) is 6.17 Å². The Morgan fingerprint density at radius 1 is 1.24 bits per heavy atom. The maximum atomic E-state index is 5.04. The van der Waals surface area contributed by atoms with Crippen molar-refractivity contribution in [1.82, 2.24) is 24.8 Å². The second-order valence-corrected chi connectivity index (χ2v) is 7.52. The number of hydrogen-bond donors (Lipinski definition) is 1. The van der Waals surface area contributed by atoms with E-state index in [4.69, 9.17) is 4.99 Å². The van der Waals surface area contributed by atoms with E-state index in [9.17, 15) is 0 Å². The van der Waals surface area contributed by atoms with Crippen molar-refractivity contribution in [2.24, 2.45) is 4.99 Å². The van der Waals surface area contributed by atoms with Gasteiger partial charge in [0.15, 0.2) is 5.65 Å². The Labute approximate surface area is 149 Å². The number of hydrogen-bond acceptors (Lipinski definition) is 6. The van der Waals surface area contributed by atoms with Crippen LogP contribution >= 0.6 is 11.8 Å². The van der Waals surface area contributed by atoms with E-state index >= 15 is 0 Å². The molecule has 0 amide bonds. The first-order valence-electron chi connectivity index (χ1n) is 8.49. The number of imidazole rings is 1. The first-order valence-corrected chi connectivity index (χ1v) is 9.48. The first kappa shape index (κ1) is 14.9. The van der Waals surface area contributed by atoms with Gasteiger partial charge in [0.2, 0.25) is 0 Å². The van der Waals surface area contributed by atoms with Crippen LogP contribution in [0.1, 0.15) is 18.4 Å². The van der Waals surface area contributed by atoms with Gasteiger partial charge in [-0.15, -0.1) is 0 Å². The number of benzene rings is 1. The highest BCUT2D eigenvalue weighted by atomic mass is 32.2. The molecule has 1 aliphatic carbocycles. The Morgan fingerprint density at radius 2 is 2.16 bits per heavy atom. The summed E-state index contributed by atoms with van der Waals surface area (Å²) in [5.74, 6) is 0.853. The average Bonchev–Trinajstić information content (AvgIpc) is 3.36. The Kier molecular flexibility index (Phi) is 3.48. The first-order chi connectivity index (χ1) is 12.3. The van der Waals surface area contributed by atoms with Crippen molar-refractivity contribution in [3.8, 4) is 0 Å². The number of fused-ring (bicyclic) bond motifs is 2. The summed E-state index contributed by atoms with van der Waals surface area (Å²) in [6, 6.07) is 6.97. The molecule has 0 saturated heterocycles. The van der Waals surface area contributed by atoms with Crippen LogP contribution in [0.25, 0.3) is 17.4 Å². The summed E-state index contributed by atoms with van der Waals surface area (Å²) in [6.07, 6.45) is 8.20. The summed E-state index contributed by atoms with van der Waals surface area (Å²) in [7, 11) is 0. The fourth-order valence-corrected chi connectivity index (χ4v) is 4.23. The van der Waals surface area contributed by atoms with Crippen LogP contribution in [-0.4, -0.2) is 42.8 Å². The minimum Gasteiger partial charge on any atom is -0.352 e. The van der Waals surface area contributed by atoms with Crippen molar-refractivity contribution in [2.45, 2.75) is 37.0 Å². The Balaban J connectivity index is 1.47. The molecule has 1 fully saturated rings. The van der Waals surface area contributed by atoms with Gasteiger partial charge < -0.3 is 9.88 Å². The van der Waals surface area contributed by atoms with E-state index in [2.05, 4.69) is 56.2 Å². The Bertz CT molecular complexity index is 1050. The average molecular weight is 350 g/mol. The zero-order chi connectivity index (χ0) is 16.8. The monoisotopic (exact) mass is 350 g/mol. The number of aromatic amines is 1. The number of thioether (sulfide) groups is 1. The molecule has 1 atom stereocenters. The van der Waals surface area contributed by atoms with Gasteiger partial charge in [-0.25, -0.2) is 15.0 Å². The maximum absolute atomic E-state index is 5.04. The Hall–Kier alpha value is -2.41. The molecule has 2 aliphatic rings. The molecule has 0 radical (unpaired) electrons. The molecule has 1 unspecified atom stereocenters. The number of aryl methyl sites for hydroxylation is 1. The number of nitrogens with one attached hydrogen (secondary N) is 1. The van der Waals surface area contributed by atoms with Crippen LogP contribution < -0.4 is 10.6 Å². The number of rotatable bonds is 4. The van der Waals surface area contributed by atoms with Crippen molar-refractivity contribution in [2.75, 3.05) is 5.75 Å². The lowest BCUT2D eigenvalue weighted by Gasteiger charge is -2.30. The lowest BCUT2D eigenvalue weighted by Crippen LogP contribution is -2.45. The molecular weight excluding hydrogens is 332 g/mol. The molecule has 6 nitrogen and oxygen atoms in total. The van der Waals surface area contributed by atoms with Crippen LogP contribution in [0, 0.1) is 6.92 Å². The summed E-state index contributed by atoms with van der Waals surface area (Å²) < 4.78 is 0. The van der Waals surface area contributed by atoms with Crippen LogP contribution in [0.5, 0.6) is 0 Å². The lowest BCUT2D eigenvalue weighted by molar-refractivity contribution is 0.315. The smallest absolute Gasteiger partial charge is 0.181 e. The van der Waals surface area contributed by atoms with Crippen molar-refractivity contribution in [3.05, 3.63) is 47.0 Å². The summed E-state index contributed by atoms with van der Waals surface area (Å²) in [5, 5.41) is 3.29. The molecule has 126 valence electrons. The van der Waals surface area contributed by atoms with E-state index in [1.807, 2.05) is 0 Å². The molecule has 3 aromatic rings. The van der Waals surface area contributed by atoms with Crippen molar-refractivity contribution in [3.63, 3.8) is 0 Å². The standard InChI is InChI=1S/C18H18N6S/c1-11-3-2-4-14-13(11)7-24(12-5-6-12)15(23-14)8-25-18-16-17(20-9-19-16)21-10-22-18/h2-4,7,9-10,12,15H,5-6,8H2,1H3,(H,19,20,21,22). The molecular formula is C18H18N6S. The van der Waals surface area contributed by atoms with E-state index in [0.717, 1.165) is 21.7 Å². The zero-order valence-corrected chi connectivity index (χ0v) is 14.7. The SMILES string of the molecule is Cc1cccc2c1=CN(C1CC1)C(CSc1ncnc3nc[nH]c13)N=2. The normalized spacial score (nSPS) is 19.4. The second-order valence-electron chi connectivity index (χ2n) is 6.52. The predicted octanol–water partition coefficient (Wildman–Crippen LogP) is 1.62. The molecule has 7 heteroatoms. The molecule has 0 bridgehead atoms. The highest BCUT2D eigenvalue weighted by Gasteiger charge is 2.33. The number of nitrogens with zero attached hydrogens (tertiary/aromatic N) is 5. The molecule has 1 N–H and O–H groups in total. The number of H-pyrrole nitrogens is 1. The molecule has 0 spiro atoms. The van der Waals surface area contributed by atoms with E-state index in [1.165, 1.54) is 23.6 Å². The molecule has 25 heavy (non-hydrogen) atoms. The largest absolute Gasteiger partial charge is 0.352 e. The zero-order valence-electron chi connectivity index (χ0n) is 13.9. The van der Waals surface area contributed by atoms with Gasteiger partial charge in [-0.05, 0) is 31.4 Å². The third kappa shape index (κ3) is 2.68. The minimum absolute atomic E-state index is 0.139. The van der Waals surface area contributed by atoms with E-state index < -0.39 is 0 Å². The van der Waals surface area contributed by atoms with Gasteiger partial charge in [0.25, 0.3) is 0 Å². The molecule has 5 rings (SSSR count). The summed E-state index contributed by atoms with van der Waals surface area (Å²) in [6.45, 7) is 2.15. The van der Waals surface area contributed by atoms with E-state index in [1.54, 1.807) is 24.4 Å². The van der Waals surface area contributed by atoms with Gasteiger partial charge in [0.1, 0.15) is 23.0 Å². The molecule has 2 aromatic heterocycles. The maximum Gasteiger partial charge on any atom is 0.181 e. The van der Waals surface area contributed by atoms with E-state index in [0.29, 0.717) is 11.7 Å². The minimum atomic E-state index is 0.139. The van der Waals surface area contributed by atoms with Crippen LogP contribution in [-0.2, 0) is 0 Å². The topological polar surface area (TPSA) is 70.1 Å². The molecule has 3 heterocycles. The van der Waals surface area contributed by atoms with Gasteiger partial charge >= 0.3 is 0 Å². The van der Waals surface area contributed by atoms with Gasteiger partial charge in [-0.1, -0.05) is 23.9 Å². The van der Waals surface area contributed by atoms with Crippen LogP contribution in [0.4, 0.5) is 0 Å². The van der Waals surface area contributed by atoms with Gasteiger partial charge in [0, 0.05) is 23.2 Å². The van der Waals surface area contributed by atoms with Crippen LogP contribution in [0.2, 0.25) is 0 Å². The quantitative estimate of drug-likeness (QED) is 0.572. The predicted molar refractivity (Wildman–Crippen MR) is 97.5 cm³/mol. The fourth-order valence-electron chi connectivity index (χ4n) is 3.26. The molecule has 1 saturated carbocycles. The van der Waals surface area contributed by atoms with Gasteiger partial charge in [-0.2, -0.15) is 0 Å². The third-order valence-electron chi connectivity index (χ3n) is 4.74. The Morgan fingerprint density at radius 3 is 3.04 bits per heavy atom. The van der Waals surface area contributed by atoms with Gasteiger partial charge in [0.05, 0.1) is 11.7 Å². The molecule has 1 aliphatic heterocycles. The van der Waals surface area contributed by atoms with Gasteiger partial charge in [-0.3, -0.25) is 4.99 Å². The second kappa shape index (κ2) is 5.84.